The van der Waals surface area contributed by atoms with Crippen LogP contribution in [-0.2, 0) is 23.9 Å². The Hall–Kier alpha value is -2.20. The van der Waals surface area contributed by atoms with Crippen molar-refractivity contribution >= 4 is 51.0 Å². The van der Waals surface area contributed by atoms with Crippen LogP contribution in [0.2, 0.25) is 5.02 Å². The molecule has 224 valence electrons. The second kappa shape index (κ2) is 13.4. The monoisotopic (exact) mass is 650 g/mol. The number of ether oxygens (including phenoxy) is 2. The molecule has 0 radical (unpaired) electrons. The van der Waals surface area contributed by atoms with Crippen molar-refractivity contribution in [3.05, 3.63) is 54.6 Å². The molecule has 1 aromatic carbocycles. The number of carbonyl (C=O) groups excluding carboxylic acids is 3. The average Bonchev–Trinajstić information content (AvgIpc) is 3.55. The van der Waals surface area contributed by atoms with Crippen LogP contribution in [0.15, 0.2) is 49.6 Å². The van der Waals surface area contributed by atoms with Gasteiger partial charge in [-0.25, -0.2) is 0 Å². The molecular weight excluding hydrogens is 612 g/mol. The van der Waals surface area contributed by atoms with Gasteiger partial charge >= 0.3 is 5.97 Å². The molecule has 4 rings (SSSR count). The van der Waals surface area contributed by atoms with Crippen molar-refractivity contribution < 1.29 is 29.0 Å². The fourth-order valence-electron chi connectivity index (χ4n) is 6.67. The topological polar surface area (TPSA) is 96.4 Å². The lowest BCUT2D eigenvalue weighted by Gasteiger charge is -2.41. The third-order valence-corrected chi connectivity index (χ3v) is 9.94. The maximum Gasteiger partial charge on any atom is 0.312 e. The molecule has 10 heteroatoms. The predicted molar refractivity (Wildman–Crippen MR) is 162 cm³/mol. The Bertz CT molecular complexity index is 1150. The minimum absolute atomic E-state index is 0.106. The minimum Gasteiger partial charge on any atom is -0.465 e. The summed E-state index contributed by atoms with van der Waals surface area (Å²) >= 11 is 9.81. The molecule has 8 atom stereocenters. The van der Waals surface area contributed by atoms with E-state index in [0.717, 1.165) is 12.8 Å². The van der Waals surface area contributed by atoms with Crippen LogP contribution >= 0.6 is 27.5 Å². The number of anilines is 1. The van der Waals surface area contributed by atoms with Crippen LogP contribution in [0.4, 0.5) is 5.69 Å². The van der Waals surface area contributed by atoms with E-state index in [0.29, 0.717) is 30.0 Å². The molecule has 41 heavy (non-hydrogen) atoms. The summed E-state index contributed by atoms with van der Waals surface area (Å²) in [7, 11) is 0. The van der Waals surface area contributed by atoms with Gasteiger partial charge in [0, 0.05) is 22.1 Å². The molecule has 0 aliphatic carbocycles. The Morgan fingerprint density at radius 2 is 2.00 bits per heavy atom. The van der Waals surface area contributed by atoms with Gasteiger partial charge in [0.1, 0.15) is 11.6 Å². The molecule has 2 bridgehead atoms. The quantitative estimate of drug-likeness (QED) is 0.133. The Morgan fingerprint density at radius 3 is 2.61 bits per heavy atom. The third kappa shape index (κ3) is 5.75. The van der Waals surface area contributed by atoms with Crippen molar-refractivity contribution in [2.75, 3.05) is 24.7 Å². The van der Waals surface area contributed by atoms with E-state index in [1.807, 2.05) is 19.9 Å². The van der Waals surface area contributed by atoms with Gasteiger partial charge in [0.15, 0.2) is 0 Å². The molecule has 2 amide bonds. The van der Waals surface area contributed by atoms with Crippen molar-refractivity contribution in [3.8, 4) is 0 Å². The number of benzene rings is 1. The van der Waals surface area contributed by atoms with Gasteiger partial charge in [-0.05, 0) is 55.9 Å². The van der Waals surface area contributed by atoms with Crippen LogP contribution in [0.25, 0.3) is 0 Å². The highest BCUT2D eigenvalue weighted by atomic mass is 79.9. The van der Waals surface area contributed by atoms with Crippen LogP contribution in [0.1, 0.15) is 46.0 Å². The summed E-state index contributed by atoms with van der Waals surface area (Å²) in [6, 6.07) is 5.18. The van der Waals surface area contributed by atoms with Gasteiger partial charge < -0.3 is 24.4 Å². The molecule has 8 nitrogen and oxygen atoms in total. The lowest BCUT2D eigenvalue weighted by atomic mass is 9.70. The first-order chi connectivity index (χ1) is 19.7. The molecule has 3 aliphatic heterocycles. The van der Waals surface area contributed by atoms with Crippen LogP contribution in [-0.4, -0.2) is 76.2 Å². The molecule has 3 saturated heterocycles. The van der Waals surface area contributed by atoms with Crippen molar-refractivity contribution in [1.29, 1.82) is 0 Å². The van der Waals surface area contributed by atoms with E-state index in [1.165, 1.54) is 4.90 Å². The molecule has 3 unspecified atom stereocenters. The zero-order valence-electron chi connectivity index (χ0n) is 23.7. The van der Waals surface area contributed by atoms with Gasteiger partial charge in [0.05, 0.1) is 37.2 Å². The number of halogens is 2. The summed E-state index contributed by atoms with van der Waals surface area (Å²) in [4.78, 5) is 45.4. The molecule has 0 aromatic heterocycles. The number of allylic oxidation sites excluding steroid dienone is 1. The molecule has 1 N–H and O–H groups in total. The highest BCUT2D eigenvalue weighted by Gasteiger charge is 2.77. The number of aliphatic hydroxyl groups excluding tert-OH is 1. The lowest BCUT2D eigenvalue weighted by molar-refractivity contribution is -0.156. The highest BCUT2D eigenvalue weighted by Crippen LogP contribution is 2.61. The number of unbranched alkanes of at least 4 members (excludes halogenated alkanes) is 2. The zero-order chi connectivity index (χ0) is 29.9. The molecule has 1 spiro atoms. The zero-order valence-corrected chi connectivity index (χ0v) is 26.1. The number of rotatable bonds is 14. The average molecular weight is 652 g/mol. The smallest absolute Gasteiger partial charge is 0.312 e. The largest absolute Gasteiger partial charge is 0.465 e. The Labute approximate surface area is 255 Å². The fourth-order valence-corrected chi connectivity index (χ4v) is 7.74. The third-order valence-electron chi connectivity index (χ3n) is 8.84. The number of aliphatic hydroxyl groups is 1. The van der Waals surface area contributed by atoms with E-state index in [1.54, 1.807) is 35.2 Å². The summed E-state index contributed by atoms with van der Waals surface area (Å²) in [5, 5.41) is 11.1. The summed E-state index contributed by atoms with van der Waals surface area (Å²) in [6.07, 6.45) is 6.23. The van der Waals surface area contributed by atoms with Crippen molar-refractivity contribution in [1.82, 2.24) is 4.90 Å². The first-order valence-electron chi connectivity index (χ1n) is 14.4. The second-order valence-corrected chi connectivity index (χ2v) is 12.8. The minimum atomic E-state index is -1.26. The van der Waals surface area contributed by atoms with Crippen molar-refractivity contribution in [2.24, 2.45) is 17.8 Å². The maximum atomic E-state index is 14.6. The second-order valence-electron chi connectivity index (χ2n) is 11.2. The first kappa shape index (κ1) is 31.7. The number of hydrogen-bond donors (Lipinski definition) is 1. The van der Waals surface area contributed by atoms with Gasteiger partial charge in [-0.3, -0.25) is 14.4 Å². The van der Waals surface area contributed by atoms with Crippen LogP contribution in [0.3, 0.4) is 0 Å². The van der Waals surface area contributed by atoms with Crippen LogP contribution in [0.5, 0.6) is 0 Å². The summed E-state index contributed by atoms with van der Waals surface area (Å²) in [5.41, 5.74) is -0.666. The summed E-state index contributed by atoms with van der Waals surface area (Å²) in [5.74, 6) is -3.07. The van der Waals surface area contributed by atoms with Crippen molar-refractivity contribution in [2.45, 2.75) is 74.6 Å². The molecule has 3 heterocycles. The number of esters is 1. The maximum absolute atomic E-state index is 14.6. The molecule has 3 fully saturated rings. The van der Waals surface area contributed by atoms with E-state index in [9.17, 15) is 19.5 Å². The number of amides is 2. The number of likely N-dealkylation sites (tertiary alicyclic amines) is 1. The molecule has 0 saturated carbocycles. The Balaban J connectivity index is 1.76. The normalized spacial score (nSPS) is 29.6. The lowest BCUT2D eigenvalue weighted by Crippen LogP contribution is -2.60. The number of alkyl halides is 1. The SMILES string of the molecule is C=CCCCCOC(=O)[C@H]1[C@H]2C(=O)N([C@@H](CO)[C@@H](C)CC)C(C(=O)N(CC=C)c3ccc(Cl)cc3)C23CC(Br)[C@@H]1O3. The van der Waals surface area contributed by atoms with Crippen molar-refractivity contribution in [3.63, 3.8) is 0 Å². The standard InChI is InChI=1S/C31H40BrClN2O6/c1-5-8-9-10-16-40-30(39)24-25-28(37)35(23(18-36)19(4)7-3)27(31(25)17-22(32)26(24)41-31)29(38)34(15-6-2)21-13-11-20(33)12-14-21/h5-6,11-14,19,22-27,36H,1-2,7-10,15-18H2,3-4H3/t19-,22?,23-,24-,25-,26-,27?,31?/m0/s1. The number of carbonyl (C=O) groups is 3. The van der Waals surface area contributed by atoms with E-state index in [-0.39, 0.29) is 42.3 Å². The Kier molecular flexibility index (Phi) is 10.4. The first-order valence-corrected chi connectivity index (χ1v) is 15.7. The van der Waals surface area contributed by atoms with Gasteiger partial charge in [0.25, 0.3) is 5.91 Å². The van der Waals surface area contributed by atoms with Gasteiger partial charge in [-0.2, -0.15) is 0 Å². The number of hydrogen-bond acceptors (Lipinski definition) is 6. The fraction of sp³-hybridized carbons (Fsp3) is 0.581. The van der Waals surface area contributed by atoms with Gasteiger partial charge in [-0.15, -0.1) is 13.2 Å². The summed E-state index contributed by atoms with van der Waals surface area (Å²) in [6.45, 7) is 11.6. The van der Waals surface area contributed by atoms with E-state index >= 15 is 0 Å². The predicted octanol–water partition coefficient (Wildman–Crippen LogP) is 4.91. The highest BCUT2D eigenvalue weighted by molar-refractivity contribution is 9.09. The molecule has 1 aromatic rings. The van der Waals surface area contributed by atoms with Gasteiger partial charge in [0.2, 0.25) is 5.91 Å². The number of fused-ring (bicyclic) bond motifs is 1. The van der Waals surface area contributed by atoms with E-state index in [2.05, 4.69) is 29.1 Å². The van der Waals surface area contributed by atoms with Crippen LogP contribution in [0, 0.1) is 17.8 Å². The summed E-state index contributed by atoms with van der Waals surface area (Å²) < 4.78 is 12.3. The molecule has 3 aliphatic rings. The van der Waals surface area contributed by atoms with Gasteiger partial charge in [-0.1, -0.05) is 60.0 Å². The molecular formula is C31H40BrClN2O6. The Morgan fingerprint density at radius 1 is 1.29 bits per heavy atom. The number of nitrogens with zero attached hydrogens (tertiary/aromatic N) is 2. The van der Waals surface area contributed by atoms with Crippen LogP contribution < -0.4 is 4.90 Å². The van der Waals surface area contributed by atoms with E-state index < -0.39 is 41.6 Å². The van der Waals surface area contributed by atoms with E-state index in [4.69, 9.17) is 21.1 Å².